The number of halogens is 1. The molecule has 0 saturated carbocycles. The Morgan fingerprint density at radius 1 is 1.41 bits per heavy atom. The average Bonchev–Trinajstić information content (AvgIpc) is 2.61. The number of hydrogen-bond donors (Lipinski definition) is 1. The Bertz CT molecular complexity index is 476. The minimum Gasteiger partial charge on any atom is -0.353 e. The minimum absolute atomic E-state index is 0.266. The van der Waals surface area contributed by atoms with Gasteiger partial charge in [-0.25, -0.2) is 22.7 Å². The second-order valence-electron chi connectivity index (χ2n) is 3.72. The molecule has 1 N–H and O–H groups in total. The van der Waals surface area contributed by atoms with Crippen molar-refractivity contribution in [2.75, 3.05) is 30.7 Å². The smallest absolute Gasteiger partial charge is 0.222 e. The monoisotopic (exact) mass is 320 g/mol. The molecule has 1 aliphatic heterocycles. The van der Waals surface area contributed by atoms with E-state index in [1.165, 1.54) is 4.31 Å². The molecule has 94 valence electrons. The van der Waals surface area contributed by atoms with E-state index in [1.807, 2.05) is 0 Å². The van der Waals surface area contributed by atoms with Gasteiger partial charge in [-0.2, -0.15) is 0 Å². The molecule has 8 heteroatoms. The van der Waals surface area contributed by atoms with Crippen LogP contribution < -0.4 is 5.32 Å². The number of aromatic nitrogens is 2. The van der Waals surface area contributed by atoms with Gasteiger partial charge in [0.05, 0.1) is 10.2 Å². The zero-order valence-electron chi connectivity index (χ0n) is 9.13. The summed E-state index contributed by atoms with van der Waals surface area (Å²) in [6, 6.07) is 0. The van der Waals surface area contributed by atoms with Crippen LogP contribution in [0.15, 0.2) is 16.9 Å². The maximum Gasteiger partial charge on any atom is 0.222 e. The molecule has 2 rings (SSSR count). The number of nitrogens with zero attached hydrogens (tertiary/aromatic N) is 3. The lowest BCUT2D eigenvalue weighted by Crippen LogP contribution is -2.30. The molecule has 1 saturated heterocycles. The number of hydrogen-bond acceptors (Lipinski definition) is 5. The standard InChI is InChI=1S/C9H13BrN4O2S/c10-8-6-12-9(13-7-8)11-2-4-14-3-1-5-17(14,15)16/h6-7H,1-5H2,(H,11,12,13). The molecular weight excluding hydrogens is 308 g/mol. The summed E-state index contributed by atoms with van der Waals surface area (Å²) >= 11 is 3.24. The molecule has 6 nitrogen and oxygen atoms in total. The van der Waals surface area contributed by atoms with Gasteiger partial charge in [-0.3, -0.25) is 0 Å². The van der Waals surface area contributed by atoms with E-state index in [4.69, 9.17) is 0 Å². The van der Waals surface area contributed by atoms with Gasteiger partial charge < -0.3 is 5.32 Å². The molecule has 0 unspecified atom stereocenters. The third-order valence-corrected chi connectivity index (χ3v) is 4.83. The summed E-state index contributed by atoms with van der Waals surface area (Å²) in [5.74, 6) is 0.770. The molecule has 0 aromatic carbocycles. The molecule has 0 atom stereocenters. The summed E-state index contributed by atoms with van der Waals surface area (Å²) in [5.41, 5.74) is 0. The number of nitrogens with one attached hydrogen (secondary N) is 1. The van der Waals surface area contributed by atoms with E-state index in [-0.39, 0.29) is 5.75 Å². The second kappa shape index (κ2) is 5.28. The molecule has 0 bridgehead atoms. The Morgan fingerprint density at radius 2 is 2.12 bits per heavy atom. The van der Waals surface area contributed by atoms with E-state index >= 15 is 0 Å². The van der Waals surface area contributed by atoms with Gasteiger partial charge in [-0.15, -0.1) is 0 Å². The van der Waals surface area contributed by atoms with Crippen LogP contribution >= 0.6 is 15.9 Å². The molecular formula is C9H13BrN4O2S. The average molecular weight is 321 g/mol. The number of anilines is 1. The van der Waals surface area contributed by atoms with Crippen LogP contribution in [0.3, 0.4) is 0 Å². The van der Waals surface area contributed by atoms with Gasteiger partial charge >= 0.3 is 0 Å². The molecule has 0 radical (unpaired) electrons. The molecule has 0 amide bonds. The summed E-state index contributed by atoms with van der Waals surface area (Å²) in [7, 11) is -3.00. The van der Waals surface area contributed by atoms with E-state index in [2.05, 4.69) is 31.2 Å². The van der Waals surface area contributed by atoms with Crippen LogP contribution in [0.2, 0.25) is 0 Å². The number of rotatable bonds is 4. The minimum atomic E-state index is -3.00. The summed E-state index contributed by atoms with van der Waals surface area (Å²) in [6.07, 6.45) is 4.00. The van der Waals surface area contributed by atoms with Crippen LogP contribution in [0.25, 0.3) is 0 Å². The predicted octanol–water partition coefficient (Wildman–Crippen LogP) is 0.686. The Morgan fingerprint density at radius 3 is 2.71 bits per heavy atom. The van der Waals surface area contributed by atoms with Gasteiger partial charge in [0.25, 0.3) is 0 Å². The molecule has 0 aliphatic carbocycles. The van der Waals surface area contributed by atoms with Gasteiger partial charge in [0.1, 0.15) is 0 Å². The molecule has 1 aromatic heterocycles. The lowest BCUT2D eigenvalue weighted by Gasteiger charge is -2.14. The van der Waals surface area contributed by atoms with E-state index in [1.54, 1.807) is 12.4 Å². The van der Waals surface area contributed by atoms with Crippen molar-refractivity contribution in [1.29, 1.82) is 0 Å². The third kappa shape index (κ3) is 3.36. The Kier molecular flexibility index (Phi) is 3.95. The highest BCUT2D eigenvalue weighted by molar-refractivity contribution is 9.10. The first-order chi connectivity index (χ1) is 8.08. The van der Waals surface area contributed by atoms with Crippen molar-refractivity contribution in [3.63, 3.8) is 0 Å². The van der Waals surface area contributed by atoms with Crippen LogP contribution in [-0.2, 0) is 10.0 Å². The predicted molar refractivity (Wildman–Crippen MR) is 68.2 cm³/mol. The van der Waals surface area contributed by atoms with Crippen molar-refractivity contribution >= 4 is 31.9 Å². The number of sulfonamides is 1. The maximum atomic E-state index is 11.5. The lowest BCUT2D eigenvalue weighted by atomic mass is 10.5. The second-order valence-corrected chi connectivity index (χ2v) is 6.72. The van der Waals surface area contributed by atoms with Gasteiger partial charge in [-0.1, -0.05) is 0 Å². The van der Waals surface area contributed by atoms with E-state index < -0.39 is 10.0 Å². The third-order valence-electron chi connectivity index (χ3n) is 2.47. The zero-order chi connectivity index (χ0) is 12.3. The molecule has 1 aromatic rings. The van der Waals surface area contributed by atoms with Gasteiger partial charge in [0.2, 0.25) is 16.0 Å². The van der Waals surface area contributed by atoms with E-state index in [0.717, 1.165) is 10.9 Å². The lowest BCUT2D eigenvalue weighted by molar-refractivity contribution is 0.456. The Hall–Kier alpha value is -0.730. The van der Waals surface area contributed by atoms with Crippen LogP contribution in [0.5, 0.6) is 0 Å². The maximum absolute atomic E-state index is 11.5. The van der Waals surface area contributed by atoms with Crippen molar-refractivity contribution in [3.05, 3.63) is 16.9 Å². The van der Waals surface area contributed by atoms with Crippen molar-refractivity contribution in [2.24, 2.45) is 0 Å². The fourth-order valence-corrected chi connectivity index (χ4v) is 3.37. The van der Waals surface area contributed by atoms with E-state index in [9.17, 15) is 8.42 Å². The summed E-state index contributed by atoms with van der Waals surface area (Å²) < 4.78 is 25.3. The molecule has 2 heterocycles. The highest BCUT2D eigenvalue weighted by Gasteiger charge is 2.27. The Labute approximate surface area is 109 Å². The Balaban J connectivity index is 1.82. The first-order valence-corrected chi connectivity index (χ1v) is 7.67. The van der Waals surface area contributed by atoms with Crippen molar-refractivity contribution in [3.8, 4) is 0 Å². The highest BCUT2D eigenvalue weighted by atomic mass is 79.9. The summed E-state index contributed by atoms with van der Waals surface area (Å²) in [5, 5.41) is 2.99. The molecule has 1 fully saturated rings. The van der Waals surface area contributed by atoms with Crippen LogP contribution in [0.4, 0.5) is 5.95 Å². The van der Waals surface area contributed by atoms with Crippen LogP contribution in [0.1, 0.15) is 6.42 Å². The van der Waals surface area contributed by atoms with Crippen molar-refractivity contribution < 1.29 is 8.42 Å². The van der Waals surface area contributed by atoms with E-state index in [0.29, 0.717) is 25.6 Å². The SMILES string of the molecule is O=S1(=O)CCCN1CCNc1ncc(Br)cn1. The van der Waals surface area contributed by atoms with Gasteiger partial charge in [0.15, 0.2) is 0 Å². The fraction of sp³-hybridized carbons (Fsp3) is 0.556. The zero-order valence-corrected chi connectivity index (χ0v) is 11.5. The first kappa shape index (κ1) is 12.7. The summed E-state index contributed by atoms with van der Waals surface area (Å²) in [6.45, 7) is 1.59. The fourth-order valence-electron chi connectivity index (χ4n) is 1.64. The normalized spacial score (nSPS) is 19.4. The van der Waals surface area contributed by atoms with Crippen molar-refractivity contribution in [1.82, 2.24) is 14.3 Å². The van der Waals surface area contributed by atoms with Crippen LogP contribution in [-0.4, -0.2) is 48.1 Å². The molecule has 0 spiro atoms. The molecule has 1 aliphatic rings. The molecule has 17 heavy (non-hydrogen) atoms. The van der Waals surface area contributed by atoms with Gasteiger partial charge in [-0.05, 0) is 22.4 Å². The quantitative estimate of drug-likeness (QED) is 0.883. The topological polar surface area (TPSA) is 75.2 Å². The highest BCUT2D eigenvalue weighted by Crippen LogP contribution is 2.12. The van der Waals surface area contributed by atoms with Crippen LogP contribution in [0, 0.1) is 0 Å². The van der Waals surface area contributed by atoms with Crippen molar-refractivity contribution in [2.45, 2.75) is 6.42 Å². The largest absolute Gasteiger partial charge is 0.353 e. The first-order valence-electron chi connectivity index (χ1n) is 5.27. The summed E-state index contributed by atoms with van der Waals surface area (Å²) in [4.78, 5) is 8.08. The van der Waals surface area contributed by atoms with Gasteiger partial charge in [0, 0.05) is 32.0 Å².